The number of nitro groups is 1. The third kappa shape index (κ3) is 5.47. The van der Waals surface area contributed by atoms with Crippen LogP contribution in [0.5, 0.6) is 0 Å². The number of rotatable bonds is 9. The van der Waals surface area contributed by atoms with Gasteiger partial charge in [-0.05, 0) is 29.1 Å². The molecule has 0 saturated heterocycles. The van der Waals surface area contributed by atoms with Crippen molar-refractivity contribution in [1.29, 1.82) is 0 Å². The first-order valence-electron chi connectivity index (χ1n) is 11.1. The molecule has 4 rings (SSSR count). The number of benzene rings is 2. The van der Waals surface area contributed by atoms with Crippen molar-refractivity contribution in [3.63, 3.8) is 0 Å². The molecule has 1 aliphatic rings. The van der Waals surface area contributed by atoms with Gasteiger partial charge in [-0.25, -0.2) is 9.40 Å². The molecule has 2 heterocycles. The second-order valence-electron chi connectivity index (χ2n) is 8.03. The fourth-order valence-corrected chi connectivity index (χ4v) is 4.65. The molecule has 1 atom stereocenters. The van der Waals surface area contributed by atoms with Crippen molar-refractivity contribution >= 4 is 34.6 Å². The average Bonchev–Trinajstić information content (AvgIpc) is 3.57. The van der Waals surface area contributed by atoms with Crippen molar-refractivity contribution < 1.29 is 23.6 Å². The summed E-state index contributed by atoms with van der Waals surface area (Å²) in [6.07, 6.45) is 0.354. The van der Waals surface area contributed by atoms with E-state index >= 15 is 0 Å². The zero-order valence-corrected chi connectivity index (χ0v) is 20.2. The molecule has 3 aromatic rings. The molecular weight excluding hydrogens is 487 g/mol. The number of hydrazone groups is 1. The number of hydrogen-bond acceptors (Lipinski definition) is 7. The molecule has 0 N–H and O–H groups in total. The lowest BCUT2D eigenvalue weighted by Gasteiger charge is -2.27. The highest BCUT2D eigenvalue weighted by Crippen LogP contribution is 2.35. The summed E-state index contributed by atoms with van der Waals surface area (Å²) in [7, 11) is 1.46. The van der Waals surface area contributed by atoms with E-state index in [4.69, 9.17) is 4.74 Å². The average molecular weight is 511 g/mol. The molecule has 2 amide bonds. The molecule has 0 unspecified atom stereocenters. The topological polar surface area (TPSA) is 105 Å². The fraction of sp³-hybridized carbons (Fsp3) is 0.240. The smallest absolute Gasteiger partial charge is 0.269 e. The number of halogens is 1. The summed E-state index contributed by atoms with van der Waals surface area (Å²) in [6.45, 7) is -0.166. The Labute approximate surface area is 210 Å². The highest BCUT2D eigenvalue weighted by Gasteiger charge is 2.35. The number of nitro benzene ring substituents is 1. The van der Waals surface area contributed by atoms with Crippen molar-refractivity contribution in [3.05, 3.63) is 98.0 Å². The van der Waals surface area contributed by atoms with Gasteiger partial charge in [-0.1, -0.05) is 30.3 Å². The summed E-state index contributed by atoms with van der Waals surface area (Å²) >= 11 is 1.47. The molecule has 1 aliphatic heterocycles. The third-order valence-corrected chi connectivity index (χ3v) is 6.64. The number of non-ortho nitro benzene ring substituents is 1. The van der Waals surface area contributed by atoms with Gasteiger partial charge in [0.15, 0.2) is 0 Å². The number of thiophene rings is 1. The highest BCUT2D eigenvalue weighted by molar-refractivity contribution is 7.12. The van der Waals surface area contributed by atoms with E-state index in [-0.39, 0.29) is 30.9 Å². The molecular formula is C25H23FN4O5S. The maximum atomic E-state index is 14.3. The predicted molar refractivity (Wildman–Crippen MR) is 132 cm³/mol. The lowest BCUT2D eigenvalue weighted by molar-refractivity contribution is -0.385. The van der Waals surface area contributed by atoms with E-state index in [1.165, 1.54) is 58.7 Å². The first kappa shape index (κ1) is 25.1. The standard InChI is InChI=1S/C25H23FN4O5S/c1-35-12-11-28(25(32)19-8-2-3-9-20(19)26)16-24(31)29-22(15-21(27-29)23-10-5-13-36-23)17-6-4-7-18(14-17)30(33)34/h2-10,13-14,22H,11-12,15-16H2,1H3/t22-/m0/s1. The Bertz CT molecular complexity index is 1300. The summed E-state index contributed by atoms with van der Waals surface area (Å²) in [5.41, 5.74) is 0.970. The van der Waals surface area contributed by atoms with Gasteiger partial charge in [0.2, 0.25) is 0 Å². The van der Waals surface area contributed by atoms with Gasteiger partial charge in [0.1, 0.15) is 12.4 Å². The zero-order chi connectivity index (χ0) is 25.7. The number of hydrogen-bond donors (Lipinski definition) is 0. The van der Waals surface area contributed by atoms with Gasteiger partial charge in [-0.3, -0.25) is 19.7 Å². The van der Waals surface area contributed by atoms with Crippen molar-refractivity contribution in [2.75, 3.05) is 26.8 Å². The van der Waals surface area contributed by atoms with Crippen LogP contribution < -0.4 is 0 Å². The van der Waals surface area contributed by atoms with E-state index in [9.17, 15) is 24.1 Å². The summed E-state index contributed by atoms with van der Waals surface area (Å²) < 4.78 is 19.4. The van der Waals surface area contributed by atoms with E-state index in [2.05, 4.69) is 5.10 Å². The monoisotopic (exact) mass is 510 g/mol. The lowest BCUT2D eigenvalue weighted by Crippen LogP contribution is -2.43. The SMILES string of the molecule is COCCN(CC(=O)N1N=C(c2cccs2)C[C@H]1c1cccc([N+](=O)[O-])c1)C(=O)c1ccccc1F. The number of carbonyl (C=O) groups is 2. The Morgan fingerprint density at radius 1 is 1.22 bits per heavy atom. The third-order valence-electron chi connectivity index (χ3n) is 5.72. The summed E-state index contributed by atoms with van der Waals surface area (Å²) in [4.78, 5) is 39.5. The highest BCUT2D eigenvalue weighted by atomic mass is 32.1. The molecule has 36 heavy (non-hydrogen) atoms. The first-order chi connectivity index (χ1) is 17.4. The second-order valence-corrected chi connectivity index (χ2v) is 8.98. The van der Waals surface area contributed by atoms with E-state index in [0.717, 1.165) is 4.88 Å². The molecule has 0 radical (unpaired) electrons. The van der Waals surface area contributed by atoms with E-state index in [1.807, 2.05) is 17.5 Å². The van der Waals surface area contributed by atoms with Crippen LogP contribution in [0.2, 0.25) is 0 Å². The Morgan fingerprint density at radius 3 is 2.72 bits per heavy atom. The molecule has 0 fully saturated rings. The maximum absolute atomic E-state index is 14.3. The van der Waals surface area contributed by atoms with Gasteiger partial charge < -0.3 is 9.64 Å². The van der Waals surface area contributed by atoms with Crippen LogP contribution in [-0.4, -0.2) is 59.2 Å². The Hall–Kier alpha value is -3.96. The Morgan fingerprint density at radius 2 is 2.03 bits per heavy atom. The zero-order valence-electron chi connectivity index (χ0n) is 19.4. The first-order valence-corrected chi connectivity index (χ1v) is 12.0. The van der Waals surface area contributed by atoms with Crippen LogP contribution in [0.1, 0.15) is 33.3 Å². The molecule has 2 aromatic carbocycles. The van der Waals surface area contributed by atoms with Crippen LogP contribution in [0.15, 0.2) is 71.1 Å². The quantitative estimate of drug-likeness (QED) is 0.316. The Balaban J connectivity index is 1.64. The minimum atomic E-state index is -0.689. The minimum Gasteiger partial charge on any atom is -0.383 e. The Kier molecular flexibility index (Phi) is 7.81. The van der Waals surface area contributed by atoms with Crippen LogP contribution in [-0.2, 0) is 9.53 Å². The van der Waals surface area contributed by atoms with E-state index in [1.54, 1.807) is 18.2 Å². The van der Waals surface area contributed by atoms with Gasteiger partial charge in [-0.2, -0.15) is 5.10 Å². The molecule has 1 aromatic heterocycles. The molecule has 11 heteroatoms. The normalized spacial score (nSPS) is 15.0. The van der Waals surface area contributed by atoms with Gasteiger partial charge in [0, 0.05) is 32.2 Å². The molecule has 0 spiro atoms. The number of ether oxygens (including phenoxy) is 1. The van der Waals surface area contributed by atoms with Gasteiger partial charge in [0.25, 0.3) is 17.5 Å². The van der Waals surface area contributed by atoms with Crippen LogP contribution >= 0.6 is 11.3 Å². The van der Waals surface area contributed by atoms with E-state index < -0.39 is 28.6 Å². The largest absolute Gasteiger partial charge is 0.383 e. The van der Waals surface area contributed by atoms with Crippen LogP contribution in [0.3, 0.4) is 0 Å². The molecule has 9 nitrogen and oxygen atoms in total. The molecule has 0 aliphatic carbocycles. The summed E-state index contributed by atoms with van der Waals surface area (Å²) in [5.74, 6) is -1.84. The summed E-state index contributed by atoms with van der Waals surface area (Å²) in [6, 6.07) is 14.8. The van der Waals surface area contributed by atoms with Crippen LogP contribution in [0, 0.1) is 15.9 Å². The van der Waals surface area contributed by atoms with Crippen molar-refractivity contribution in [2.24, 2.45) is 5.10 Å². The molecule has 0 saturated carbocycles. The van der Waals surface area contributed by atoms with Gasteiger partial charge in [-0.15, -0.1) is 11.3 Å². The predicted octanol–water partition coefficient (Wildman–Crippen LogP) is 4.26. The van der Waals surface area contributed by atoms with Crippen molar-refractivity contribution in [2.45, 2.75) is 12.5 Å². The maximum Gasteiger partial charge on any atom is 0.269 e. The van der Waals surface area contributed by atoms with E-state index in [0.29, 0.717) is 17.7 Å². The molecule has 0 bridgehead atoms. The number of methoxy groups -OCH3 is 1. The summed E-state index contributed by atoms with van der Waals surface area (Å²) in [5, 5.41) is 19.0. The van der Waals surface area contributed by atoms with Crippen molar-refractivity contribution in [1.82, 2.24) is 9.91 Å². The lowest BCUT2D eigenvalue weighted by atomic mass is 10.0. The van der Waals surface area contributed by atoms with Crippen LogP contribution in [0.25, 0.3) is 0 Å². The molecule has 186 valence electrons. The van der Waals surface area contributed by atoms with Crippen molar-refractivity contribution in [3.8, 4) is 0 Å². The van der Waals surface area contributed by atoms with Gasteiger partial charge >= 0.3 is 0 Å². The second kappa shape index (κ2) is 11.2. The fourth-order valence-electron chi connectivity index (χ4n) is 3.93. The minimum absolute atomic E-state index is 0.0617. The number of nitrogens with zero attached hydrogens (tertiary/aromatic N) is 4. The van der Waals surface area contributed by atoms with Crippen LogP contribution in [0.4, 0.5) is 10.1 Å². The van der Waals surface area contributed by atoms with Gasteiger partial charge in [0.05, 0.1) is 33.7 Å². The number of amides is 2. The number of carbonyl (C=O) groups excluding carboxylic acids is 2.